The minimum Gasteiger partial charge on any atom is -0.489 e. The Labute approximate surface area is 189 Å². The molecule has 1 aromatic heterocycles. The highest BCUT2D eigenvalue weighted by molar-refractivity contribution is 7.80. The molecular formula is C25H28N4OS. The van der Waals surface area contributed by atoms with Crippen LogP contribution in [0.25, 0.3) is 0 Å². The van der Waals surface area contributed by atoms with Crippen molar-refractivity contribution in [2.45, 2.75) is 19.6 Å². The fourth-order valence-electron chi connectivity index (χ4n) is 3.66. The van der Waals surface area contributed by atoms with Gasteiger partial charge in [0.05, 0.1) is 0 Å². The van der Waals surface area contributed by atoms with E-state index < -0.39 is 0 Å². The van der Waals surface area contributed by atoms with Gasteiger partial charge in [0, 0.05) is 50.8 Å². The number of hydrogen-bond acceptors (Lipinski definition) is 4. The first kappa shape index (κ1) is 21.3. The van der Waals surface area contributed by atoms with Crippen molar-refractivity contribution in [1.29, 1.82) is 0 Å². The summed E-state index contributed by atoms with van der Waals surface area (Å²) in [6.07, 6.45) is 4.86. The van der Waals surface area contributed by atoms with Crippen molar-refractivity contribution < 1.29 is 4.74 Å². The monoisotopic (exact) mass is 432 g/mol. The molecule has 31 heavy (non-hydrogen) atoms. The lowest BCUT2D eigenvalue weighted by Gasteiger charge is -2.24. The van der Waals surface area contributed by atoms with Crippen LogP contribution in [0.15, 0.2) is 79.1 Å². The predicted octanol–water partition coefficient (Wildman–Crippen LogP) is 4.57. The maximum atomic E-state index is 5.86. The Balaban J connectivity index is 1.25. The molecule has 1 aliphatic rings. The van der Waals surface area contributed by atoms with Crippen molar-refractivity contribution >= 4 is 23.0 Å². The fraction of sp³-hybridized carbons (Fsp3) is 0.280. The molecule has 0 saturated carbocycles. The lowest BCUT2D eigenvalue weighted by molar-refractivity contribution is 0.278. The van der Waals surface area contributed by atoms with Crippen LogP contribution >= 0.6 is 12.2 Å². The average molecular weight is 433 g/mol. The Kier molecular flexibility index (Phi) is 7.47. The molecule has 1 saturated heterocycles. The number of thiocarbonyl (C=S) groups is 1. The van der Waals surface area contributed by atoms with Crippen LogP contribution in [0.4, 0.5) is 5.69 Å². The number of pyridine rings is 1. The largest absolute Gasteiger partial charge is 0.489 e. The summed E-state index contributed by atoms with van der Waals surface area (Å²) in [6.45, 7) is 5.45. The van der Waals surface area contributed by atoms with Gasteiger partial charge in [-0.05, 0) is 60.1 Å². The maximum Gasteiger partial charge on any atom is 0.173 e. The van der Waals surface area contributed by atoms with E-state index in [1.54, 1.807) is 0 Å². The van der Waals surface area contributed by atoms with Gasteiger partial charge in [0.25, 0.3) is 0 Å². The zero-order valence-electron chi connectivity index (χ0n) is 17.6. The molecular weight excluding hydrogens is 404 g/mol. The van der Waals surface area contributed by atoms with E-state index in [4.69, 9.17) is 17.0 Å². The zero-order chi connectivity index (χ0) is 21.3. The van der Waals surface area contributed by atoms with E-state index in [0.717, 1.165) is 61.3 Å². The lowest BCUT2D eigenvalue weighted by Crippen LogP contribution is -2.37. The van der Waals surface area contributed by atoms with Gasteiger partial charge in [0.2, 0.25) is 0 Å². The van der Waals surface area contributed by atoms with Crippen LogP contribution in [-0.2, 0) is 13.2 Å². The third-order valence-electron chi connectivity index (χ3n) is 5.36. The number of ether oxygens (including phenoxy) is 1. The zero-order valence-corrected chi connectivity index (χ0v) is 18.4. The minimum atomic E-state index is 0.565. The second-order valence-corrected chi connectivity index (χ2v) is 8.09. The van der Waals surface area contributed by atoms with Gasteiger partial charge in [-0.3, -0.25) is 9.88 Å². The first-order valence-corrected chi connectivity index (χ1v) is 11.1. The molecule has 1 aliphatic heterocycles. The number of aromatic nitrogens is 1. The summed E-state index contributed by atoms with van der Waals surface area (Å²) in [5.74, 6) is 0.848. The van der Waals surface area contributed by atoms with Crippen LogP contribution in [0.3, 0.4) is 0 Å². The van der Waals surface area contributed by atoms with Gasteiger partial charge >= 0.3 is 0 Å². The molecule has 5 nitrogen and oxygen atoms in total. The molecule has 2 heterocycles. The number of rotatable bonds is 6. The van der Waals surface area contributed by atoms with Crippen LogP contribution in [0, 0.1) is 0 Å². The highest BCUT2D eigenvalue weighted by Crippen LogP contribution is 2.18. The molecule has 0 bridgehead atoms. The van der Waals surface area contributed by atoms with Gasteiger partial charge in [-0.2, -0.15) is 0 Å². The van der Waals surface area contributed by atoms with E-state index in [2.05, 4.69) is 38.3 Å². The number of benzene rings is 2. The quantitative estimate of drug-likeness (QED) is 0.576. The van der Waals surface area contributed by atoms with E-state index in [1.807, 2.05) is 60.9 Å². The molecule has 0 radical (unpaired) electrons. The molecule has 0 unspecified atom stereocenters. The third-order valence-corrected chi connectivity index (χ3v) is 5.72. The normalized spacial score (nSPS) is 14.6. The van der Waals surface area contributed by atoms with Gasteiger partial charge in [0.15, 0.2) is 5.11 Å². The summed E-state index contributed by atoms with van der Waals surface area (Å²) < 4.78 is 5.86. The Morgan fingerprint density at radius 2 is 1.71 bits per heavy atom. The summed E-state index contributed by atoms with van der Waals surface area (Å²) in [5, 5.41) is 4.16. The lowest BCUT2D eigenvalue weighted by atomic mass is 10.2. The molecule has 6 heteroatoms. The molecule has 1 fully saturated rings. The molecule has 2 aromatic carbocycles. The molecule has 0 atom stereocenters. The highest BCUT2D eigenvalue weighted by Gasteiger charge is 2.17. The number of hydrogen-bond donors (Lipinski definition) is 1. The average Bonchev–Trinajstić information content (AvgIpc) is 3.06. The van der Waals surface area contributed by atoms with Crippen molar-refractivity contribution in [3.05, 3.63) is 90.3 Å². The molecule has 0 spiro atoms. The molecule has 4 rings (SSSR count). The summed E-state index contributed by atoms with van der Waals surface area (Å²) in [6, 6.07) is 22.3. The van der Waals surface area contributed by atoms with Crippen LogP contribution < -0.4 is 10.1 Å². The maximum absolute atomic E-state index is 5.86. The molecule has 1 N–H and O–H groups in total. The second-order valence-electron chi connectivity index (χ2n) is 7.71. The summed E-state index contributed by atoms with van der Waals surface area (Å²) in [7, 11) is 0. The van der Waals surface area contributed by atoms with Crippen LogP contribution in [0.5, 0.6) is 5.75 Å². The smallest absolute Gasteiger partial charge is 0.173 e. The summed E-state index contributed by atoms with van der Waals surface area (Å²) in [4.78, 5) is 8.95. The van der Waals surface area contributed by atoms with Crippen molar-refractivity contribution in [2.24, 2.45) is 0 Å². The van der Waals surface area contributed by atoms with Crippen LogP contribution in [0.1, 0.15) is 17.5 Å². The number of nitrogens with one attached hydrogen (secondary N) is 1. The van der Waals surface area contributed by atoms with E-state index in [1.165, 1.54) is 5.56 Å². The number of nitrogens with zero attached hydrogens (tertiary/aromatic N) is 3. The van der Waals surface area contributed by atoms with Crippen LogP contribution in [-0.4, -0.2) is 46.1 Å². The van der Waals surface area contributed by atoms with Crippen molar-refractivity contribution in [3.63, 3.8) is 0 Å². The topological polar surface area (TPSA) is 40.6 Å². The van der Waals surface area contributed by atoms with E-state index >= 15 is 0 Å². The molecule has 0 aliphatic carbocycles. The molecule has 160 valence electrons. The van der Waals surface area contributed by atoms with Gasteiger partial charge < -0.3 is 15.0 Å². The standard InChI is InChI=1S/C25H28N4OS/c31-25(29-15-5-14-28(16-17-29)19-22-8-4-13-26-18-22)27-23-9-11-24(12-10-23)30-20-21-6-2-1-3-7-21/h1-4,6-13,18H,5,14-17,19-20H2,(H,27,31). The van der Waals surface area contributed by atoms with Crippen molar-refractivity contribution in [2.75, 3.05) is 31.5 Å². The van der Waals surface area contributed by atoms with Gasteiger partial charge in [-0.25, -0.2) is 0 Å². The van der Waals surface area contributed by atoms with Crippen molar-refractivity contribution in [3.8, 4) is 5.75 Å². The van der Waals surface area contributed by atoms with Crippen LogP contribution in [0.2, 0.25) is 0 Å². The summed E-state index contributed by atoms with van der Waals surface area (Å²) >= 11 is 5.69. The third kappa shape index (κ3) is 6.51. The molecule has 0 amide bonds. The fourth-order valence-corrected chi connectivity index (χ4v) is 3.96. The second kappa shape index (κ2) is 10.9. The van der Waals surface area contributed by atoms with Crippen molar-refractivity contribution in [1.82, 2.24) is 14.8 Å². The van der Waals surface area contributed by atoms with E-state index in [9.17, 15) is 0 Å². The van der Waals surface area contributed by atoms with Gasteiger partial charge in [-0.15, -0.1) is 0 Å². The highest BCUT2D eigenvalue weighted by atomic mass is 32.1. The predicted molar refractivity (Wildman–Crippen MR) is 129 cm³/mol. The first-order chi connectivity index (χ1) is 15.3. The number of anilines is 1. The minimum absolute atomic E-state index is 0.565. The van der Waals surface area contributed by atoms with E-state index in [-0.39, 0.29) is 0 Å². The molecule has 3 aromatic rings. The van der Waals surface area contributed by atoms with E-state index in [0.29, 0.717) is 6.61 Å². The van der Waals surface area contributed by atoms with Gasteiger partial charge in [0.1, 0.15) is 12.4 Å². The Bertz CT molecular complexity index is 950. The van der Waals surface area contributed by atoms with Gasteiger partial charge in [-0.1, -0.05) is 36.4 Å². The SMILES string of the molecule is S=C(Nc1ccc(OCc2ccccc2)cc1)N1CCCN(Cc2cccnc2)CC1. The first-order valence-electron chi connectivity index (χ1n) is 10.7. The Morgan fingerprint density at radius 3 is 2.48 bits per heavy atom. The Hall–Kier alpha value is -2.96. The summed E-state index contributed by atoms with van der Waals surface area (Å²) in [5.41, 5.74) is 3.39. The Morgan fingerprint density at radius 1 is 0.903 bits per heavy atom.